The van der Waals surface area contributed by atoms with Crippen LogP contribution in [0.1, 0.15) is 31.5 Å². The van der Waals surface area contributed by atoms with E-state index in [1.54, 1.807) is 4.57 Å². The Bertz CT molecular complexity index is 474. The minimum atomic E-state index is -0.319. The summed E-state index contributed by atoms with van der Waals surface area (Å²) in [5, 5.41) is 12.1. The largest absolute Gasteiger partial charge is 0.468 e. The third-order valence-corrected chi connectivity index (χ3v) is 3.37. The van der Waals surface area contributed by atoms with Crippen molar-refractivity contribution < 1.29 is 9.53 Å². The molecule has 0 aliphatic heterocycles. The van der Waals surface area contributed by atoms with E-state index in [-0.39, 0.29) is 17.9 Å². The highest BCUT2D eigenvalue weighted by Gasteiger charge is 2.24. The number of hydrogen-bond donors (Lipinski definition) is 1. The van der Waals surface area contributed by atoms with Crippen molar-refractivity contribution in [1.82, 2.24) is 9.88 Å². The molecule has 2 atom stereocenters. The number of esters is 1. The zero-order valence-corrected chi connectivity index (χ0v) is 11.9. The van der Waals surface area contributed by atoms with Crippen LogP contribution in [0.15, 0.2) is 12.3 Å². The number of carbonyl (C=O) groups is 1. The molecule has 0 radical (unpaired) electrons. The van der Waals surface area contributed by atoms with Crippen LogP contribution in [0.2, 0.25) is 0 Å². The maximum absolute atomic E-state index is 11.7. The first-order chi connectivity index (χ1) is 9.03. The van der Waals surface area contributed by atoms with Crippen LogP contribution in [-0.2, 0) is 23.1 Å². The molecule has 0 bridgehead atoms. The van der Waals surface area contributed by atoms with Crippen molar-refractivity contribution in [3.63, 3.8) is 0 Å². The number of nitrogens with one attached hydrogen (secondary N) is 1. The van der Waals surface area contributed by atoms with E-state index < -0.39 is 0 Å². The molecule has 0 aliphatic carbocycles. The fourth-order valence-corrected chi connectivity index (χ4v) is 1.95. The second-order valence-electron chi connectivity index (χ2n) is 4.72. The Labute approximate surface area is 114 Å². The lowest BCUT2D eigenvalue weighted by atomic mass is 9.99. The summed E-state index contributed by atoms with van der Waals surface area (Å²) in [7, 11) is 3.23. The standard InChI is InChI=1S/C14H21N3O2/c1-5-10(2)13(14(18)19-4)16-8-11-6-12(7-15)17(3)9-11/h6,9-10,13,16H,5,8H2,1-4H3. The molecule has 2 unspecified atom stereocenters. The SMILES string of the molecule is CCC(C)C(NCc1cc(C#N)n(C)c1)C(=O)OC. The number of methoxy groups -OCH3 is 1. The van der Waals surface area contributed by atoms with E-state index in [1.165, 1.54) is 7.11 Å². The van der Waals surface area contributed by atoms with Gasteiger partial charge in [-0.2, -0.15) is 5.26 Å². The molecular weight excluding hydrogens is 242 g/mol. The molecule has 0 amide bonds. The quantitative estimate of drug-likeness (QED) is 0.791. The Balaban J connectivity index is 2.70. The Kier molecular flexibility index (Phi) is 5.58. The summed E-state index contributed by atoms with van der Waals surface area (Å²) in [6.07, 6.45) is 2.78. The molecule has 1 N–H and O–H groups in total. The summed E-state index contributed by atoms with van der Waals surface area (Å²) in [6.45, 7) is 4.60. The van der Waals surface area contributed by atoms with Crippen LogP contribution >= 0.6 is 0 Å². The van der Waals surface area contributed by atoms with E-state index in [1.807, 2.05) is 33.2 Å². The molecule has 0 fully saturated rings. The zero-order valence-electron chi connectivity index (χ0n) is 11.9. The minimum Gasteiger partial charge on any atom is -0.468 e. The van der Waals surface area contributed by atoms with Crippen molar-refractivity contribution in [3.8, 4) is 6.07 Å². The number of aromatic nitrogens is 1. The van der Waals surface area contributed by atoms with Crippen LogP contribution in [0.3, 0.4) is 0 Å². The fourth-order valence-electron chi connectivity index (χ4n) is 1.95. The van der Waals surface area contributed by atoms with Crippen LogP contribution in [0, 0.1) is 17.2 Å². The van der Waals surface area contributed by atoms with Gasteiger partial charge in [0.15, 0.2) is 0 Å². The van der Waals surface area contributed by atoms with Gasteiger partial charge in [0.1, 0.15) is 17.8 Å². The highest BCUT2D eigenvalue weighted by atomic mass is 16.5. The highest BCUT2D eigenvalue weighted by molar-refractivity contribution is 5.75. The van der Waals surface area contributed by atoms with Crippen LogP contribution < -0.4 is 5.32 Å². The molecular formula is C14H21N3O2. The van der Waals surface area contributed by atoms with Gasteiger partial charge in [0, 0.05) is 19.8 Å². The molecule has 5 heteroatoms. The number of aryl methyl sites for hydroxylation is 1. The Morgan fingerprint density at radius 3 is 2.79 bits per heavy atom. The summed E-state index contributed by atoms with van der Waals surface area (Å²) >= 11 is 0. The molecule has 0 saturated heterocycles. The first-order valence-corrected chi connectivity index (χ1v) is 6.40. The van der Waals surface area contributed by atoms with Crippen molar-refractivity contribution >= 4 is 5.97 Å². The van der Waals surface area contributed by atoms with Gasteiger partial charge in [0.05, 0.1) is 7.11 Å². The zero-order chi connectivity index (χ0) is 14.4. The van der Waals surface area contributed by atoms with Crippen LogP contribution in [0.5, 0.6) is 0 Å². The van der Waals surface area contributed by atoms with Gasteiger partial charge in [-0.15, -0.1) is 0 Å². The molecule has 1 heterocycles. The van der Waals surface area contributed by atoms with Crippen LogP contribution in [-0.4, -0.2) is 23.7 Å². The molecule has 1 aromatic rings. The molecule has 104 valence electrons. The summed E-state index contributed by atoms with van der Waals surface area (Å²) in [4.78, 5) is 11.7. The molecule has 19 heavy (non-hydrogen) atoms. The predicted octanol–water partition coefficient (Wildman–Crippen LogP) is 1.57. The van der Waals surface area contributed by atoms with Crippen molar-refractivity contribution in [2.45, 2.75) is 32.9 Å². The second kappa shape index (κ2) is 6.95. The maximum Gasteiger partial charge on any atom is 0.323 e. The van der Waals surface area contributed by atoms with Crippen molar-refractivity contribution in [2.75, 3.05) is 7.11 Å². The first kappa shape index (κ1) is 15.3. The van der Waals surface area contributed by atoms with Gasteiger partial charge in [0.2, 0.25) is 0 Å². The molecule has 0 spiro atoms. The van der Waals surface area contributed by atoms with Gasteiger partial charge in [-0.25, -0.2) is 0 Å². The van der Waals surface area contributed by atoms with Crippen molar-refractivity contribution in [1.29, 1.82) is 5.26 Å². The maximum atomic E-state index is 11.7. The first-order valence-electron chi connectivity index (χ1n) is 6.40. The molecule has 0 aromatic carbocycles. The molecule has 1 aromatic heterocycles. The summed E-state index contributed by atoms with van der Waals surface area (Å²) in [5.74, 6) is -0.0441. The van der Waals surface area contributed by atoms with Crippen LogP contribution in [0.4, 0.5) is 0 Å². The molecule has 1 rings (SSSR count). The Morgan fingerprint density at radius 2 is 2.32 bits per heavy atom. The van der Waals surface area contributed by atoms with Gasteiger partial charge in [0.25, 0.3) is 0 Å². The normalized spacial score (nSPS) is 13.6. The van der Waals surface area contributed by atoms with Gasteiger partial charge in [-0.1, -0.05) is 20.3 Å². The van der Waals surface area contributed by atoms with Gasteiger partial charge < -0.3 is 14.6 Å². The molecule has 0 aliphatic rings. The summed E-state index contributed by atoms with van der Waals surface area (Å²) < 4.78 is 6.59. The lowest BCUT2D eigenvalue weighted by Gasteiger charge is -2.21. The molecule has 0 saturated carbocycles. The van der Waals surface area contributed by atoms with Crippen molar-refractivity contribution in [2.24, 2.45) is 13.0 Å². The summed E-state index contributed by atoms with van der Waals surface area (Å²) in [6, 6.07) is 3.61. The average molecular weight is 263 g/mol. The monoisotopic (exact) mass is 263 g/mol. The van der Waals surface area contributed by atoms with Gasteiger partial charge >= 0.3 is 5.97 Å². The topological polar surface area (TPSA) is 67.0 Å². The Morgan fingerprint density at radius 1 is 1.63 bits per heavy atom. The average Bonchev–Trinajstić information content (AvgIpc) is 2.78. The number of rotatable bonds is 6. The predicted molar refractivity (Wildman–Crippen MR) is 72.2 cm³/mol. The molecule has 5 nitrogen and oxygen atoms in total. The minimum absolute atomic E-state index is 0.201. The highest BCUT2D eigenvalue weighted by Crippen LogP contribution is 2.11. The lowest BCUT2D eigenvalue weighted by Crippen LogP contribution is -2.42. The smallest absolute Gasteiger partial charge is 0.323 e. The van der Waals surface area contributed by atoms with E-state index in [0.717, 1.165) is 12.0 Å². The lowest BCUT2D eigenvalue weighted by molar-refractivity contribution is -0.144. The van der Waals surface area contributed by atoms with E-state index in [2.05, 4.69) is 11.4 Å². The van der Waals surface area contributed by atoms with E-state index >= 15 is 0 Å². The number of hydrogen-bond acceptors (Lipinski definition) is 4. The number of nitriles is 1. The van der Waals surface area contributed by atoms with E-state index in [4.69, 9.17) is 10.00 Å². The third kappa shape index (κ3) is 3.83. The third-order valence-electron chi connectivity index (χ3n) is 3.37. The summed E-state index contributed by atoms with van der Waals surface area (Å²) in [5.41, 5.74) is 1.59. The van der Waals surface area contributed by atoms with Gasteiger partial charge in [-0.3, -0.25) is 4.79 Å². The van der Waals surface area contributed by atoms with Crippen LogP contribution in [0.25, 0.3) is 0 Å². The fraction of sp³-hybridized carbons (Fsp3) is 0.571. The number of ether oxygens (including phenoxy) is 1. The second-order valence-corrected chi connectivity index (χ2v) is 4.72. The van der Waals surface area contributed by atoms with E-state index in [9.17, 15) is 4.79 Å². The van der Waals surface area contributed by atoms with E-state index in [0.29, 0.717) is 12.2 Å². The van der Waals surface area contributed by atoms with Crippen molar-refractivity contribution in [3.05, 3.63) is 23.5 Å². The van der Waals surface area contributed by atoms with Gasteiger partial charge in [-0.05, 0) is 17.5 Å². The number of carbonyl (C=O) groups excluding carboxylic acids is 1. The number of nitrogens with zero attached hydrogens (tertiary/aromatic N) is 2. The Hall–Kier alpha value is -1.80.